The quantitative estimate of drug-likeness (QED) is 0.474. The molecule has 126 valence electrons. The van der Waals surface area contributed by atoms with Crippen LogP contribution in [0.25, 0.3) is 10.9 Å². The molecule has 0 bridgehead atoms. The molecule has 3 aromatic rings. The van der Waals surface area contributed by atoms with E-state index in [-0.39, 0.29) is 5.91 Å². The topological polar surface area (TPSA) is 33.2 Å². The number of hydrogen-bond acceptors (Lipinski definition) is 2. The zero-order valence-corrected chi connectivity index (χ0v) is 14.6. The van der Waals surface area contributed by atoms with E-state index in [0.717, 1.165) is 17.3 Å². The Kier molecular flexibility index (Phi) is 5.46. The van der Waals surface area contributed by atoms with Gasteiger partial charge in [0.25, 0.3) is 5.91 Å². The number of pyridine rings is 1. The number of fused-ring (bicyclic) bond motifs is 1. The first-order valence-electron chi connectivity index (χ1n) is 8.18. The van der Waals surface area contributed by atoms with Gasteiger partial charge < -0.3 is 4.90 Å². The number of nitrogens with zero attached hydrogens (tertiary/aromatic N) is 2. The van der Waals surface area contributed by atoms with Crippen LogP contribution in [0.2, 0.25) is 5.15 Å². The van der Waals surface area contributed by atoms with Gasteiger partial charge in [0.1, 0.15) is 5.15 Å². The largest absolute Gasteiger partial charge is 0.335 e. The van der Waals surface area contributed by atoms with Gasteiger partial charge in [-0.05, 0) is 42.3 Å². The van der Waals surface area contributed by atoms with Crippen molar-refractivity contribution >= 4 is 28.4 Å². The van der Waals surface area contributed by atoms with Crippen LogP contribution < -0.4 is 0 Å². The highest BCUT2D eigenvalue weighted by Crippen LogP contribution is 2.18. The molecule has 0 aliphatic heterocycles. The van der Waals surface area contributed by atoms with E-state index < -0.39 is 0 Å². The van der Waals surface area contributed by atoms with Crippen LogP contribution in [0, 0.1) is 0 Å². The third kappa shape index (κ3) is 4.25. The minimum Gasteiger partial charge on any atom is -0.335 e. The molecule has 1 aromatic heterocycles. The molecular weight excluding hydrogens is 332 g/mol. The second-order valence-electron chi connectivity index (χ2n) is 5.82. The van der Waals surface area contributed by atoms with Gasteiger partial charge in [0, 0.05) is 24.0 Å². The molecule has 0 unspecified atom stereocenters. The molecule has 2 aromatic carbocycles. The zero-order chi connectivity index (χ0) is 17.6. The van der Waals surface area contributed by atoms with Crippen molar-refractivity contribution < 1.29 is 4.79 Å². The molecule has 4 heteroatoms. The summed E-state index contributed by atoms with van der Waals surface area (Å²) in [6, 6.07) is 19.3. The number of benzene rings is 2. The molecule has 25 heavy (non-hydrogen) atoms. The van der Waals surface area contributed by atoms with Crippen LogP contribution in [0.5, 0.6) is 0 Å². The molecule has 0 aliphatic carbocycles. The molecule has 0 fully saturated rings. The van der Waals surface area contributed by atoms with Crippen molar-refractivity contribution in [2.75, 3.05) is 13.1 Å². The van der Waals surface area contributed by atoms with Gasteiger partial charge in [-0.3, -0.25) is 4.79 Å². The fraction of sp³-hybridized carbons (Fsp3) is 0.143. The van der Waals surface area contributed by atoms with Crippen molar-refractivity contribution in [3.63, 3.8) is 0 Å². The summed E-state index contributed by atoms with van der Waals surface area (Å²) in [6.07, 6.45) is 2.57. The monoisotopic (exact) mass is 350 g/mol. The van der Waals surface area contributed by atoms with Crippen LogP contribution >= 0.6 is 11.6 Å². The summed E-state index contributed by atoms with van der Waals surface area (Å²) in [5.41, 5.74) is 2.64. The molecule has 0 aliphatic rings. The van der Waals surface area contributed by atoms with Gasteiger partial charge >= 0.3 is 0 Å². The summed E-state index contributed by atoms with van der Waals surface area (Å²) in [7, 11) is 0. The second-order valence-corrected chi connectivity index (χ2v) is 6.20. The van der Waals surface area contributed by atoms with E-state index in [1.54, 1.807) is 18.2 Å². The summed E-state index contributed by atoms with van der Waals surface area (Å²) in [4.78, 5) is 19.0. The summed E-state index contributed by atoms with van der Waals surface area (Å²) >= 11 is 5.91. The Morgan fingerprint density at radius 2 is 1.92 bits per heavy atom. The Bertz CT molecular complexity index is 893. The second kappa shape index (κ2) is 7.95. The van der Waals surface area contributed by atoms with Crippen LogP contribution in [0.3, 0.4) is 0 Å². The van der Waals surface area contributed by atoms with Crippen LogP contribution in [0.15, 0.2) is 73.3 Å². The summed E-state index contributed by atoms with van der Waals surface area (Å²) in [5, 5.41) is 1.35. The van der Waals surface area contributed by atoms with E-state index in [0.29, 0.717) is 23.8 Å². The molecular formula is C21H19ClN2O. The van der Waals surface area contributed by atoms with Crippen molar-refractivity contribution in [1.82, 2.24) is 9.88 Å². The third-order valence-electron chi connectivity index (χ3n) is 4.05. The van der Waals surface area contributed by atoms with Crippen molar-refractivity contribution in [2.24, 2.45) is 0 Å². The predicted molar refractivity (Wildman–Crippen MR) is 103 cm³/mol. The molecule has 1 amide bonds. The molecule has 1 heterocycles. The molecule has 0 saturated heterocycles. The molecule has 0 saturated carbocycles. The highest BCUT2D eigenvalue weighted by Gasteiger charge is 2.15. The van der Waals surface area contributed by atoms with Crippen LogP contribution in [-0.2, 0) is 6.42 Å². The van der Waals surface area contributed by atoms with Gasteiger partial charge in [-0.1, -0.05) is 48.0 Å². The summed E-state index contributed by atoms with van der Waals surface area (Å²) < 4.78 is 0. The average Bonchev–Trinajstić information content (AvgIpc) is 2.65. The summed E-state index contributed by atoms with van der Waals surface area (Å²) in [6.45, 7) is 4.93. The zero-order valence-electron chi connectivity index (χ0n) is 13.9. The Balaban J connectivity index is 1.79. The minimum atomic E-state index is -0.00678. The third-order valence-corrected chi connectivity index (χ3v) is 4.26. The van der Waals surface area contributed by atoms with Crippen molar-refractivity contribution in [2.45, 2.75) is 6.42 Å². The number of halogens is 1. The fourth-order valence-electron chi connectivity index (χ4n) is 2.76. The van der Waals surface area contributed by atoms with Gasteiger partial charge in [0.15, 0.2) is 0 Å². The van der Waals surface area contributed by atoms with Gasteiger partial charge in [-0.15, -0.1) is 6.58 Å². The predicted octanol–water partition coefficient (Wildman–Crippen LogP) is 4.76. The molecule has 3 rings (SSSR count). The Labute approximate surface area is 152 Å². The maximum atomic E-state index is 12.9. The van der Waals surface area contributed by atoms with E-state index in [4.69, 9.17) is 11.6 Å². The molecule has 0 radical (unpaired) electrons. The number of rotatable bonds is 6. The Morgan fingerprint density at radius 1 is 1.12 bits per heavy atom. The number of aromatic nitrogens is 1. The Morgan fingerprint density at radius 3 is 2.68 bits per heavy atom. The van der Waals surface area contributed by atoms with Crippen molar-refractivity contribution in [3.8, 4) is 0 Å². The smallest absolute Gasteiger partial charge is 0.254 e. The first-order chi connectivity index (χ1) is 12.2. The van der Waals surface area contributed by atoms with Gasteiger partial charge in [0.05, 0.1) is 5.52 Å². The van der Waals surface area contributed by atoms with E-state index >= 15 is 0 Å². The normalized spacial score (nSPS) is 10.6. The maximum Gasteiger partial charge on any atom is 0.254 e. The van der Waals surface area contributed by atoms with Gasteiger partial charge in [0.2, 0.25) is 0 Å². The van der Waals surface area contributed by atoms with Crippen molar-refractivity contribution in [3.05, 3.63) is 89.6 Å². The number of carbonyl (C=O) groups is 1. The van der Waals surface area contributed by atoms with Gasteiger partial charge in [-0.2, -0.15) is 0 Å². The highest BCUT2D eigenvalue weighted by atomic mass is 35.5. The van der Waals surface area contributed by atoms with Crippen LogP contribution in [-0.4, -0.2) is 28.9 Å². The standard InChI is InChI=1S/C21H19ClN2O/c1-2-13-24(14-12-16-6-4-3-5-7-16)21(25)18-8-10-19-17(15-18)9-11-20(22)23-19/h2-11,15H,1,12-14H2. The number of amides is 1. The van der Waals surface area contributed by atoms with E-state index in [2.05, 4.69) is 23.7 Å². The van der Waals surface area contributed by atoms with Gasteiger partial charge in [-0.25, -0.2) is 4.98 Å². The van der Waals surface area contributed by atoms with Crippen LogP contribution in [0.4, 0.5) is 0 Å². The highest BCUT2D eigenvalue weighted by molar-refractivity contribution is 6.29. The lowest BCUT2D eigenvalue weighted by Gasteiger charge is -2.21. The molecule has 0 spiro atoms. The van der Waals surface area contributed by atoms with E-state index in [9.17, 15) is 4.79 Å². The van der Waals surface area contributed by atoms with E-state index in [1.165, 1.54) is 5.56 Å². The number of hydrogen-bond donors (Lipinski definition) is 0. The molecule has 3 nitrogen and oxygen atoms in total. The SMILES string of the molecule is C=CCN(CCc1ccccc1)C(=O)c1ccc2nc(Cl)ccc2c1. The minimum absolute atomic E-state index is 0.00678. The van der Waals surface area contributed by atoms with Crippen molar-refractivity contribution in [1.29, 1.82) is 0 Å². The lowest BCUT2D eigenvalue weighted by atomic mass is 10.1. The first kappa shape index (κ1) is 17.2. The lowest BCUT2D eigenvalue weighted by molar-refractivity contribution is 0.0776. The Hall–Kier alpha value is -2.65. The molecule has 0 N–H and O–H groups in total. The fourth-order valence-corrected chi connectivity index (χ4v) is 2.91. The first-order valence-corrected chi connectivity index (χ1v) is 8.55. The summed E-state index contributed by atoms with van der Waals surface area (Å²) in [5.74, 6) is -0.00678. The number of carbonyl (C=O) groups excluding carboxylic acids is 1. The van der Waals surface area contributed by atoms with Crippen LogP contribution in [0.1, 0.15) is 15.9 Å². The maximum absolute atomic E-state index is 12.9. The molecule has 0 atom stereocenters. The van der Waals surface area contributed by atoms with E-state index in [1.807, 2.05) is 41.3 Å². The average molecular weight is 351 g/mol. The lowest BCUT2D eigenvalue weighted by Crippen LogP contribution is -2.33.